The van der Waals surface area contributed by atoms with Gasteiger partial charge in [0.25, 0.3) is 0 Å². The van der Waals surface area contributed by atoms with Gasteiger partial charge in [-0.2, -0.15) is 4.98 Å². The minimum Gasteiger partial charge on any atom is -0.338 e. The van der Waals surface area contributed by atoms with Gasteiger partial charge in [-0.15, -0.1) is 0 Å². The van der Waals surface area contributed by atoms with E-state index >= 15 is 0 Å². The summed E-state index contributed by atoms with van der Waals surface area (Å²) in [6, 6.07) is -0.0579. The number of hydrogen-bond acceptors (Lipinski definition) is 6. The fraction of sp³-hybridized carbons (Fsp3) is 0.417. The van der Waals surface area contributed by atoms with Crippen LogP contribution in [0.2, 0.25) is 0 Å². The van der Waals surface area contributed by atoms with Gasteiger partial charge in [0, 0.05) is 32.0 Å². The molecule has 104 valence electrons. The minimum atomic E-state index is -0.0579. The molecule has 8 nitrogen and oxygen atoms in total. The third kappa shape index (κ3) is 2.31. The van der Waals surface area contributed by atoms with Crippen molar-refractivity contribution in [3.63, 3.8) is 0 Å². The lowest BCUT2D eigenvalue weighted by molar-refractivity contribution is 0.137. The highest BCUT2D eigenvalue weighted by Gasteiger charge is 2.35. The molecule has 1 aliphatic heterocycles. The average Bonchev–Trinajstić information content (AvgIpc) is 2.88. The van der Waals surface area contributed by atoms with Crippen LogP contribution in [0.1, 0.15) is 18.7 Å². The van der Waals surface area contributed by atoms with Crippen LogP contribution in [0, 0.1) is 0 Å². The van der Waals surface area contributed by atoms with Crippen LogP contribution in [0.25, 0.3) is 11.5 Å². The number of nitrogens with one attached hydrogen (secondary N) is 1. The van der Waals surface area contributed by atoms with Gasteiger partial charge in [0.1, 0.15) is 5.69 Å². The Bertz CT molecular complexity index is 593. The summed E-state index contributed by atoms with van der Waals surface area (Å²) in [4.78, 5) is 25.6. The Hall–Kier alpha value is -2.51. The van der Waals surface area contributed by atoms with E-state index < -0.39 is 0 Å². The fourth-order valence-corrected chi connectivity index (χ4v) is 1.98. The van der Waals surface area contributed by atoms with Gasteiger partial charge < -0.3 is 14.7 Å². The molecule has 2 aromatic rings. The number of likely N-dealkylation sites (tertiary alicyclic amines) is 1. The number of nitrogens with zero attached hydrogens (tertiary/aromatic N) is 5. The zero-order valence-electron chi connectivity index (χ0n) is 11.0. The van der Waals surface area contributed by atoms with Crippen molar-refractivity contribution >= 4 is 6.03 Å². The molecule has 0 aliphatic carbocycles. The fourth-order valence-electron chi connectivity index (χ4n) is 1.98. The number of carbonyl (C=O) groups excluding carboxylic acids is 1. The van der Waals surface area contributed by atoms with Crippen LogP contribution in [0.3, 0.4) is 0 Å². The molecule has 0 unspecified atom stereocenters. The van der Waals surface area contributed by atoms with E-state index in [-0.39, 0.29) is 11.9 Å². The van der Waals surface area contributed by atoms with E-state index in [0.717, 1.165) is 0 Å². The van der Waals surface area contributed by atoms with Crippen LogP contribution >= 0.6 is 0 Å². The normalized spacial score (nSPS) is 14.9. The van der Waals surface area contributed by atoms with E-state index in [1.165, 1.54) is 0 Å². The van der Waals surface area contributed by atoms with Crippen LogP contribution < -0.4 is 5.32 Å². The lowest BCUT2D eigenvalue weighted by Gasteiger charge is -2.36. The summed E-state index contributed by atoms with van der Waals surface area (Å²) in [7, 11) is 0. The van der Waals surface area contributed by atoms with Crippen LogP contribution in [-0.2, 0) is 0 Å². The smallest absolute Gasteiger partial charge is 0.317 e. The highest BCUT2D eigenvalue weighted by atomic mass is 16.5. The molecule has 8 heteroatoms. The molecule has 0 spiro atoms. The quantitative estimate of drug-likeness (QED) is 0.882. The predicted molar refractivity (Wildman–Crippen MR) is 68.7 cm³/mol. The lowest BCUT2D eigenvalue weighted by Crippen LogP contribution is -2.52. The molecule has 0 radical (unpaired) electrons. The summed E-state index contributed by atoms with van der Waals surface area (Å²) in [5.41, 5.74) is 0.572. The Balaban J connectivity index is 1.64. The first-order valence-electron chi connectivity index (χ1n) is 6.40. The monoisotopic (exact) mass is 274 g/mol. The lowest BCUT2D eigenvalue weighted by atomic mass is 10.0. The SMILES string of the molecule is CCNC(=O)N1CC(c2nc(-c3cnccn3)no2)C1. The van der Waals surface area contributed by atoms with Gasteiger partial charge in [-0.1, -0.05) is 5.16 Å². The maximum Gasteiger partial charge on any atom is 0.317 e. The number of urea groups is 1. The van der Waals surface area contributed by atoms with E-state index in [2.05, 4.69) is 25.4 Å². The highest BCUT2D eigenvalue weighted by Crippen LogP contribution is 2.26. The number of hydrogen-bond donors (Lipinski definition) is 1. The molecular weight excluding hydrogens is 260 g/mol. The van der Waals surface area contributed by atoms with Gasteiger partial charge >= 0.3 is 6.03 Å². The number of aromatic nitrogens is 4. The first-order chi connectivity index (χ1) is 9.78. The first kappa shape index (κ1) is 12.5. The Morgan fingerprint density at radius 2 is 2.35 bits per heavy atom. The van der Waals surface area contributed by atoms with E-state index in [1.54, 1.807) is 23.5 Å². The maximum absolute atomic E-state index is 11.6. The van der Waals surface area contributed by atoms with E-state index in [0.29, 0.717) is 37.0 Å². The third-order valence-corrected chi connectivity index (χ3v) is 3.08. The Kier molecular flexibility index (Phi) is 3.28. The molecule has 0 bridgehead atoms. The molecule has 1 aliphatic rings. The zero-order valence-corrected chi connectivity index (χ0v) is 11.0. The van der Waals surface area contributed by atoms with Crippen molar-refractivity contribution in [2.24, 2.45) is 0 Å². The first-order valence-corrected chi connectivity index (χ1v) is 6.40. The molecule has 0 aromatic carbocycles. The minimum absolute atomic E-state index is 0.0579. The third-order valence-electron chi connectivity index (χ3n) is 3.08. The van der Waals surface area contributed by atoms with Gasteiger partial charge in [0.15, 0.2) is 0 Å². The average molecular weight is 274 g/mol. The van der Waals surface area contributed by atoms with Crippen molar-refractivity contribution in [3.8, 4) is 11.5 Å². The van der Waals surface area contributed by atoms with Crippen molar-refractivity contribution in [2.75, 3.05) is 19.6 Å². The van der Waals surface area contributed by atoms with Gasteiger partial charge in [0.05, 0.1) is 12.1 Å². The molecule has 0 atom stereocenters. The second-order valence-electron chi connectivity index (χ2n) is 4.48. The summed E-state index contributed by atoms with van der Waals surface area (Å²) >= 11 is 0. The van der Waals surface area contributed by atoms with Crippen molar-refractivity contribution in [1.82, 2.24) is 30.3 Å². The number of carbonyl (C=O) groups is 1. The molecule has 0 saturated carbocycles. The molecule has 2 aromatic heterocycles. The summed E-state index contributed by atoms with van der Waals surface area (Å²) in [6.45, 7) is 3.69. The molecule has 1 N–H and O–H groups in total. The summed E-state index contributed by atoms with van der Waals surface area (Å²) in [5, 5.41) is 6.64. The van der Waals surface area contributed by atoms with Crippen molar-refractivity contribution in [1.29, 1.82) is 0 Å². The number of amides is 2. The number of rotatable bonds is 3. The second kappa shape index (κ2) is 5.24. The standard InChI is InChI=1S/C12H14N6O2/c1-2-14-12(19)18-6-8(7-18)11-16-10(17-20-11)9-5-13-3-4-15-9/h3-5,8H,2,6-7H2,1H3,(H,14,19). The Morgan fingerprint density at radius 3 is 3.05 bits per heavy atom. The van der Waals surface area contributed by atoms with Crippen LogP contribution in [0.4, 0.5) is 4.79 Å². The maximum atomic E-state index is 11.6. The van der Waals surface area contributed by atoms with E-state index in [9.17, 15) is 4.79 Å². The van der Waals surface area contributed by atoms with Crippen LogP contribution in [-0.4, -0.2) is 50.7 Å². The van der Waals surface area contributed by atoms with Crippen molar-refractivity contribution < 1.29 is 9.32 Å². The van der Waals surface area contributed by atoms with Crippen LogP contribution in [0.5, 0.6) is 0 Å². The molecule has 20 heavy (non-hydrogen) atoms. The van der Waals surface area contributed by atoms with Gasteiger partial charge in [0.2, 0.25) is 11.7 Å². The predicted octanol–water partition coefficient (Wildman–Crippen LogP) is 0.655. The molecule has 3 rings (SSSR count). The Morgan fingerprint density at radius 1 is 1.50 bits per heavy atom. The summed E-state index contributed by atoms with van der Waals surface area (Å²) in [6.07, 6.45) is 4.74. The zero-order chi connectivity index (χ0) is 13.9. The molecule has 3 heterocycles. The van der Waals surface area contributed by atoms with Gasteiger partial charge in [-0.05, 0) is 6.92 Å². The largest absolute Gasteiger partial charge is 0.338 e. The van der Waals surface area contributed by atoms with E-state index in [1.807, 2.05) is 6.92 Å². The van der Waals surface area contributed by atoms with Crippen molar-refractivity contribution in [3.05, 3.63) is 24.5 Å². The molecular formula is C12H14N6O2. The topological polar surface area (TPSA) is 97.0 Å². The second-order valence-corrected chi connectivity index (χ2v) is 4.48. The summed E-state index contributed by atoms with van der Waals surface area (Å²) in [5.74, 6) is 1.05. The van der Waals surface area contributed by atoms with Crippen LogP contribution in [0.15, 0.2) is 23.1 Å². The summed E-state index contributed by atoms with van der Waals surface area (Å²) < 4.78 is 5.22. The molecule has 2 amide bonds. The van der Waals surface area contributed by atoms with E-state index in [4.69, 9.17) is 4.52 Å². The molecule has 1 fully saturated rings. The van der Waals surface area contributed by atoms with Crippen molar-refractivity contribution in [2.45, 2.75) is 12.8 Å². The van der Waals surface area contributed by atoms with Gasteiger partial charge in [-0.25, -0.2) is 9.78 Å². The highest BCUT2D eigenvalue weighted by molar-refractivity contribution is 5.75. The Labute approximate surface area is 115 Å². The van der Waals surface area contributed by atoms with Gasteiger partial charge in [-0.3, -0.25) is 4.98 Å². The molecule has 1 saturated heterocycles.